The highest BCUT2D eigenvalue weighted by molar-refractivity contribution is 6.04. The molecular formula is C13H14N4O. The highest BCUT2D eigenvalue weighted by Gasteiger charge is 2.25. The predicted octanol–water partition coefficient (Wildman–Crippen LogP) is 0.674. The lowest BCUT2D eigenvalue weighted by atomic mass is 10.1. The van der Waals surface area contributed by atoms with E-state index in [9.17, 15) is 4.79 Å². The van der Waals surface area contributed by atoms with Gasteiger partial charge in [-0.1, -0.05) is 0 Å². The van der Waals surface area contributed by atoms with Crippen molar-refractivity contribution in [3.8, 4) is 0 Å². The van der Waals surface area contributed by atoms with Crippen molar-refractivity contribution in [2.75, 3.05) is 20.1 Å². The van der Waals surface area contributed by atoms with Crippen molar-refractivity contribution in [2.24, 2.45) is 0 Å². The number of amides is 1. The molecule has 2 aromatic heterocycles. The maximum absolute atomic E-state index is 12.1. The van der Waals surface area contributed by atoms with Crippen LogP contribution in [0.2, 0.25) is 0 Å². The lowest BCUT2D eigenvalue weighted by Gasteiger charge is -2.36. The average molecular weight is 242 g/mol. The number of fused-ring (bicyclic) bond motifs is 1. The Morgan fingerprint density at radius 2 is 2.17 bits per heavy atom. The van der Waals surface area contributed by atoms with Crippen molar-refractivity contribution in [2.45, 2.75) is 6.04 Å². The zero-order valence-electron chi connectivity index (χ0n) is 10.1. The highest BCUT2D eigenvalue weighted by atomic mass is 16.2. The molecule has 0 unspecified atom stereocenters. The summed E-state index contributed by atoms with van der Waals surface area (Å²) in [6.45, 7) is 1.80. The Labute approximate surface area is 105 Å². The monoisotopic (exact) mass is 242 g/mol. The standard InChI is InChI=1S/C13H14N4O/c1-17-7-10(8-17)16-13(18)12-11-6-14-4-2-9(11)3-5-15-12/h2-6,10H,7-8H2,1H3,(H,16,18). The van der Waals surface area contributed by atoms with Gasteiger partial charge >= 0.3 is 0 Å². The van der Waals surface area contributed by atoms with Gasteiger partial charge in [0.25, 0.3) is 5.91 Å². The molecule has 1 saturated heterocycles. The van der Waals surface area contributed by atoms with E-state index in [2.05, 4.69) is 20.2 Å². The molecule has 1 N–H and O–H groups in total. The molecule has 2 aromatic rings. The molecule has 0 aromatic carbocycles. The zero-order valence-corrected chi connectivity index (χ0v) is 10.1. The molecule has 1 amide bonds. The molecule has 0 saturated carbocycles. The number of nitrogens with one attached hydrogen (secondary N) is 1. The summed E-state index contributed by atoms with van der Waals surface area (Å²) >= 11 is 0. The zero-order chi connectivity index (χ0) is 12.5. The fraction of sp³-hybridized carbons (Fsp3) is 0.308. The third kappa shape index (κ3) is 1.93. The summed E-state index contributed by atoms with van der Waals surface area (Å²) in [4.78, 5) is 22.5. The first kappa shape index (κ1) is 11.1. The number of hydrogen-bond donors (Lipinski definition) is 1. The molecule has 0 aliphatic carbocycles. The SMILES string of the molecule is CN1CC(NC(=O)c2nccc3ccncc23)C1. The van der Waals surface area contributed by atoms with E-state index in [4.69, 9.17) is 0 Å². The molecular weight excluding hydrogens is 228 g/mol. The molecule has 5 heteroatoms. The van der Waals surface area contributed by atoms with E-state index in [1.807, 2.05) is 19.2 Å². The summed E-state index contributed by atoms with van der Waals surface area (Å²) in [6.07, 6.45) is 5.05. The molecule has 0 radical (unpaired) electrons. The third-order valence-electron chi connectivity index (χ3n) is 3.18. The summed E-state index contributed by atoms with van der Waals surface area (Å²) in [5, 5.41) is 4.76. The number of likely N-dealkylation sites (N-methyl/N-ethyl adjacent to an activating group) is 1. The molecule has 0 atom stereocenters. The lowest BCUT2D eigenvalue weighted by molar-refractivity contribution is 0.0854. The van der Waals surface area contributed by atoms with Gasteiger partial charge in [0.2, 0.25) is 0 Å². The average Bonchev–Trinajstić information content (AvgIpc) is 2.36. The third-order valence-corrected chi connectivity index (χ3v) is 3.18. The summed E-state index contributed by atoms with van der Waals surface area (Å²) < 4.78 is 0. The van der Waals surface area contributed by atoms with Crippen LogP contribution < -0.4 is 5.32 Å². The second-order valence-corrected chi connectivity index (χ2v) is 4.65. The molecule has 0 bridgehead atoms. The van der Waals surface area contributed by atoms with Crippen molar-refractivity contribution in [3.63, 3.8) is 0 Å². The van der Waals surface area contributed by atoms with Crippen molar-refractivity contribution in [3.05, 3.63) is 36.4 Å². The summed E-state index contributed by atoms with van der Waals surface area (Å²) in [6, 6.07) is 3.99. The summed E-state index contributed by atoms with van der Waals surface area (Å²) in [7, 11) is 2.03. The smallest absolute Gasteiger partial charge is 0.270 e. The Morgan fingerprint density at radius 1 is 1.39 bits per heavy atom. The maximum atomic E-state index is 12.1. The van der Waals surface area contributed by atoms with Crippen LogP contribution in [0, 0.1) is 0 Å². The Kier molecular flexibility index (Phi) is 2.68. The minimum absolute atomic E-state index is 0.119. The van der Waals surface area contributed by atoms with E-state index in [0.29, 0.717) is 5.69 Å². The molecule has 1 fully saturated rings. The minimum Gasteiger partial charge on any atom is -0.345 e. The van der Waals surface area contributed by atoms with Gasteiger partial charge in [-0.25, -0.2) is 0 Å². The first-order valence-electron chi connectivity index (χ1n) is 5.92. The molecule has 3 heterocycles. The van der Waals surface area contributed by atoms with Gasteiger partial charge < -0.3 is 10.2 Å². The van der Waals surface area contributed by atoms with Crippen LogP contribution in [0.15, 0.2) is 30.7 Å². The van der Waals surface area contributed by atoms with E-state index >= 15 is 0 Å². The normalized spacial score (nSPS) is 16.5. The van der Waals surface area contributed by atoms with Crippen molar-refractivity contribution < 1.29 is 4.79 Å². The molecule has 0 spiro atoms. The van der Waals surface area contributed by atoms with Crippen molar-refractivity contribution >= 4 is 16.7 Å². The maximum Gasteiger partial charge on any atom is 0.270 e. The fourth-order valence-corrected chi connectivity index (χ4v) is 2.24. The van der Waals surface area contributed by atoms with Gasteiger partial charge in [0, 0.05) is 37.1 Å². The largest absolute Gasteiger partial charge is 0.345 e. The Bertz CT molecular complexity index is 587. The number of pyridine rings is 2. The Balaban J connectivity index is 1.87. The van der Waals surface area contributed by atoms with E-state index in [-0.39, 0.29) is 11.9 Å². The van der Waals surface area contributed by atoms with Crippen LogP contribution in [0.5, 0.6) is 0 Å². The molecule has 18 heavy (non-hydrogen) atoms. The predicted molar refractivity (Wildman–Crippen MR) is 68.3 cm³/mol. The number of nitrogens with zero attached hydrogens (tertiary/aromatic N) is 3. The first-order chi connectivity index (χ1) is 8.74. The second kappa shape index (κ2) is 4.34. The molecule has 1 aliphatic rings. The highest BCUT2D eigenvalue weighted by Crippen LogP contribution is 2.15. The second-order valence-electron chi connectivity index (χ2n) is 4.65. The Hall–Kier alpha value is -2.01. The van der Waals surface area contributed by atoms with E-state index in [0.717, 1.165) is 23.9 Å². The van der Waals surface area contributed by atoms with Crippen LogP contribution in [-0.2, 0) is 0 Å². The number of aromatic nitrogens is 2. The number of likely N-dealkylation sites (tertiary alicyclic amines) is 1. The summed E-state index contributed by atoms with van der Waals surface area (Å²) in [5.41, 5.74) is 0.454. The van der Waals surface area contributed by atoms with Gasteiger partial charge in [0.05, 0.1) is 6.04 Å². The van der Waals surface area contributed by atoms with Gasteiger partial charge in [0.15, 0.2) is 0 Å². The van der Waals surface area contributed by atoms with Crippen LogP contribution in [0.4, 0.5) is 0 Å². The van der Waals surface area contributed by atoms with E-state index in [1.54, 1.807) is 18.6 Å². The molecule has 1 aliphatic heterocycles. The van der Waals surface area contributed by atoms with Crippen LogP contribution in [-0.4, -0.2) is 47.0 Å². The van der Waals surface area contributed by atoms with Crippen LogP contribution >= 0.6 is 0 Å². The van der Waals surface area contributed by atoms with E-state index < -0.39 is 0 Å². The minimum atomic E-state index is -0.119. The van der Waals surface area contributed by atoms with Crippen molar-refractivity contribution in [1.29, 1.82) is 0 Å². The quantitative estimate of drug-likeness (QED) is 0.841. The topological polar surface area (TPSA) is 58.1 Å². The van der Waals surface area contributed by atoms with Crippen LogP contribution in [0.3, 0.4) is 0 Å². The van der Waals surface area contributed by atoms with Gasteiger partial charge in [-0.05, 0) is 24.6 Å². The first-order valence-corrected chi connectivity index (χ1v) is 5.92. The van der Waals surface area contributed by atoms with Crippen LogP contribution in [0.1, 0.15) is 10.5 Å². The van der Waals surface area contributed by atoms with Crippen LogP contribution in [0.25, 0.3) is 10.8 Å². The lowest BCUT2D eigenvalue weighted by Crippen LogP contribution is -2.57. The van der Waals surface area contributed by atoms with Gasteiger partial charge in [0.1, 0.15) is 5.69 Å². The number of carbonyl (C=O) groups excluding carboxylic acids is 1. The van der Waals surface area contributed by atoms with Crippen molar-refractivity contribution in [1.82, 2.24) is 20.2 Å². The van der Waals surface area contributed by atoms with Gasteiger partial charge in [-0.3, -0.25) is 14.8 Å². The molecule has 3 rings (SSSR count). The number of rotatable bonds is 2. The number of carbonyl (C=O) groups is 1. The number of hydrogen-bond acceptors (Lipinski definition) is 4. The van der Waals surface area contributed by atoms with E-state index in [1.165, 1.54) is 0 Å². The van der Waals surface area contributed by atoms with Gasteiger partial charge in [-0.2, -0.15) is 0 Å². The molecule has 92 valence electrons. The fourth-order valence-electron chi connectivity index (χ4n) is 2.24. The Morgan fingerprint density at radius 3 is 2.94 bits per heavy atom. The van der Waals surface area contributed by atoms with Gasteiger partial charge in [-0.15, -0.1) is 0 Å². The summed E-state index contributed by atoms with van der Waals surface area (Å²) in [5.74, 6) is -0.119. The molecule has 5 nitrogen and oxygen atoms in total.